The van der Waals surface area contributed by atoms with E-state index in [2.05, 4.69) is 72.7 Å². The second-order valence-electron chi connectivity index (χ2n) is 9.44. The number of amides is 2. The molecule has 0 aliphatic carbocycles. The molecule has 2 amide bonds. The molecule has 3 aromatic rings. The number of nitrogens with zero attached hydrogens (tertiary/aromatic N) is 3. The summed E-state index contributed by atoms with van der Waals surface area (Å²) in [4.78, 5) is 29.9. The van der Waals surface area contributed by atoms with Crippen LogP contribution in [-0.2, 0) is 9.59 Å². The molecule has 2 heterocycles. The lowest BCUT2D eigenvalue weighted by molar-refractivity contribution is -0.121. The summed E-state index contributed by atoms with van der Waals surface area (Å²) >= 11 is 1.30. The van der Waals surface area contributed by atoms with Crippen molar-refractivity contribution in [3.63, 3.8) is 0 Å². The predicted molar refractivity (Wildman–Crippen MR) is 153 cm³/mol. The Morgan fingerprint density at radius 3 is 2.32 bits per heavy atom. The topological polar surface area (TPSA) is 83.4 Å². The van der Waals surface area contributed by atoms with Gasteiger partial charge < -0.3 is 10.1 Å². The normalized spacial score (nSPS) is 18.8. The van der Waals surface area contributed by atoms with Gasteiger partial charge in [0.2, 0.25) is 5.91 Å². The van der Waals surface area contributed by atoms with Crippen LogP contribution in [0.5, 0.6) is 5.75 Å². The maximum Gasteiger partial charge on any atom is 0.262 e. The summed E-state index contributed by atoms with van der Waals surface area (Å²) in [5, 5.41) is 9.58. The Morgan fingerprint density at radius 1 is 1.00 bits per heavy atom. The number of hydrazone groups is 1. The van der Waals surface area contributed by atoms with Crippen molar-refractivity contribution in [3.8, 4) is 5.75 Å². The Kier molecular flexibility index (Phi) is 7.60. The highest BCUT2D eigenvalue weighted by molar-refractivity contribution is 8.15. The zero-order chi connectivity index (χ0) is 26.6. The van der Waals surface area contributed by atoms with Gasteiger partial charge in [0.1, 0.15) is 11.0 Å². The second kappa shape index (κ2) is 11.2. The fourth-order valence-electron chi connectivity index (χ4n) is 4.44. The number of carbonyl (C=O) groups excluding carboxylic acids is 2. The van der Waals surface area contributed by atoms with Crippen LogP contribution in [0.25, 0.3) is 0 Å². The average molecular weight is 527 g/mol. The first-order valence-electron chi connectivity index (χ1n) is 12.7. The van der Waals surface area contributed by atoms with Crippen molar-refractivity contribution in [2.45, 2.75) is 44.9 Å². The molecule has 0 unspecified atom stereocenters. The van der Waals surface area contributed by atoms with Gasteiger partial charge in [-0.3, -0.25) is 9.59 Å². The van der Waals surface area contributed by atoms with Crippen molar-refractivity contribution in [3.05, 3.63) is 95.1 Å². The van der Waals surface area contributed by atoms with E-state index in [1.165, 1.54) is 22.9 Å². The van der Waals surface area contributed by atoms with Gasteiger partial charge in [-0.2, -0.15) is 10.1 Å². The maximum absolute atomic E-state index is 12.8. The van der Waals surface area contributed by atoms with Crippen molar-refractivity contribution in [2.75, 3.05) is 11.9 Å². The molecular weight excluding hydrogens is 496 g/mol. The maximum atomic E-state index is 12.8. The Balaban J connectivity index is 1.31. The molecule has 3 aromatic carbocycles. The number of rotatable bonds is 7. The van der Waals surface area contributed by atoms with E-state index < -0.39 is 5.25 Å². The van der Waals surface area contributed by atoms with Gasteiger partial charge in [-0.1, -0.05) is 71.4 Å². The van der Waals surface area contributed by atoms with Crippen LogP contribution in [0.3, 0.4) is 0 Å². The molecule has 0 fully saturated rings. The molecule has 2 aliphatic rings. The smallest absolute Gasteiger partial charge is 0.262 e. The van der Waals surface area contributed by atoms with Crippen LogP contribution >= 0.6 is 11.8 Å². The van der Waals surface area contributed by atoms with Gasteiger partial charge in [0, 0.05) is 18.5 Å². The van der Waals surface area contributed by atoms with E-state index in [0.29, 0.717) is 23.9 Å². The van der Waals surface area contributed by atoms with Crippen LogP contribution in [0, 0.1) is 13.8 Å². The zero-order valence-corrected chi connectivity index (χ0v) is 22.5. The van der Waals surface area contributed by atoms with E-state index in [9.17, 15) is 9.59 Å². The molecule has 8 heteroatoms. The predicted octanol–water partition coefficient (Wildman–Crippen LogP) is 5.88. The van der Waals surface area contributed by atoms with Gasteiger partial charge in [-0.15, -0.1) is 0 Å². The molecule has 0 radical (unpaired) electrons. The molecule has 1 N–H and O–H groups in total. The Morgan fingerprint density at radius 2 is 1.66 bits per heavy atom. The highest BCUT2D eigenvalue weighted by atomic mass is 32.2. The molecular formula is C30H30N4O3S. The number of thioether (sulfide) groups is 1. The largest absolute Gasteiger partial charge is 0.494 e. The molecule has 0 saturated heterocycles. The molecule has 0 saturated carbocycles. The van der Waals surface area contributed by atoms with E-state index in [0.717, 1.165) is 22.6 Å². The number of hydrogen-bond donors (Lipinski definition) is 1. The summed E-state index contributed by atoms with van der Waals surface area (Å²) in [5.41, 5.74) is 6.13. The van der Waals surface area contributed by atoms with Crippen LogP contribution < -0.4 is 10.1 Å². The van der Waals surface area contributed by atoms with Crippen LogP contribution in [0.1, 0.15) is 48.1 Å². The highest BCUT2D eigenvalue weighted by Gasteiger charge is 2.39. The Hall–Kier alpha value is -3.91. The quantitative estimate of drug-likeness (QED) is 0.416. The third kappa shape index (κ3) is 5.81. The molecule has 0 bridgehead atoms. The number of amidine groups is 1. The van der Waals surface area contributed by atoms with E-state index in [-0.39, 0.29) is 24.3 Å². The van der Waals surface area contributed by atoms with Gasteiger partial charge in [0.25, 0.3) is 5.91 Å². The molecule has 0 spiro atoms. The lowest BCUT2D eigenvalue weighted by Gasteiger charge is -2.23. The highest BCUT2D eigenvalue weighted by Crippen LogP contribution is 2.38. The number of nitrogens with one attached hydrogen (secondary N) is 1. The summed E-state index contributed by atoms with van der Waals surface area (Å²) in [6, 6.07) is 23.8. The third-order valence-corrected chi connectivity index (χ3v) is 7.64. The van der Waals surface area contributed by atoms with Crippen molar-refractivity contribution in [1.29, 1.82) is 0 Å². The second-order valence-corrected chi connectivity index (χ2v) is 10.6. The fourth-order valence-corrected chi connectivity index (χ4v) is 5.50. The molecule has 5 rings (SSSR count). The first-order valence-corrected chi connectivity index (χ1v) is 13.6. The minimum Gasteiger partial charge on any atom is -0.494 e. The number of aliphatic imine (C=N–C) groups is 1. The van der Waals surface area contributed by atoms with Crippen LogP contribution in [0.4, 0.5) is 5.69 Å². The van der Waals surface area contributed by atoms with E-state index in [4.69, 9.17) is 9.84 Å². The number of ether oxygens (including phenoxy) is 1. The molecule has 2 aliphatic heterocycles. The first kappa shape index (κ1) is 25.7. The standard InChI is InChI=1S/C30H30N4O3S/c1-4-37-24-15-13-23(14-16-24)31-28(35)18-27-29(36)32-30(38-27)34-26(22-11-7-20(3)8-12-22)17-25(33-34)21-9-5-19(2)6-10-21/h5-16,26-27H,4,17-18H2,1-3H3,(H,31,35)/t26-,27-/m0/s1. The zero-order valence-electron chi connectivity index (χ0n) is 21.7. The summed E-state index contributed by atoms with van der Waals surface area (Å²) in [7, 11) is 0. The monoisotopic (exact) mass is 526 g/mol. The Labute approximate surface area is 227 Å². The van der Waals surface area contributed by atoms with Gasteiger partial charge in [0.05, 0.1) is 18.4 Å². The number of carbonyl (C=O) groups is 2. The summed E-state index contributed by atoms with van der Waals surface area (Å²) < 4.78 is 5.44. The van der Waals surface area contributed by atoms with Gasteiger partial charge in [0.15, 0.2) is 5.17 Å². The van der Waals surface area contributed by atoms with Crippen molar-refractivity contribution in [1.82, 2.24) is 5.01 Å². The molecule has 0 aromatic heterocycles. The van der Waals surface area contributed by atoms with Crippen LogP contribution in [0.15, 0.2) is 82.9 Å². The summed E-state index contributed by atoms with van der Waals surface area (Å²) in [5.74, 6) is 0.190. The fraction of sp³-hybridized carbons (Fsp3) is 0.267. The molecule has 38 heavy (non-hydrogen) atoms. The average Bonchev–Trinajstić information content (AvgIpc) is 3.50. The van der Waals surface area contributed by atoms with Gasteiger partial charge in [-0.05, 0) is 56.2 Å². The number of aryl methyl sites for hydroxylation is 2. The Bertz CT molecular complexity index is 1380. The first-order chi connectivity index (χ1) is 18.4. The van der Waals surface area contributed by atoms with Gasteiger partial charge >= 0.3 is 0 Å². The van der Waals surface area contributed by atoms with Crippen LogP contribution in [0.2, 0.25) is 0 Å². The van der Waals surface area contributed by atoms with Gasteiger partial charge in [-0.25, -0.2) is 5.01 Å². The van der Waals surface area contributed by atoms with Crippen molar-refractivity contribution >= 4 is 40.1 Å². The minimum atomic E-state index is -0.593. The molecule has 194 valence electrons. The van der Waals surface area contributed by atoms with E-state index >= 15 is 0 Å². The lowest BCUT2D eigenvalue weighted by Crippen LogP contribution is -2.25. The third-order valence-electron chi connectivity index (χ3n) is 6.50. The van der Waals surface area contributed by atoms with Crippen molar-refractivity contribution in [2.24, 2.45) is 10.1 Å². The van der Waals surface area contributed by atoms with E-state index in [1.807, 2.05) is 11.9 Å². The van der Waals surface area contributed by atoms with E-state index in [1.54, 1.807) is 24.3 Å². The molecule has 2 atom stereocenters. The number of hydrogen-bond acceptors (Lipinski definition) is 6. The SMILES string of the molecule is CCOc1ccc(NC(=O)C[C@@H]2SC(N3N=C(c4ccc(C)cc4)C[C@H]3c3ccc(C)cc3)=NC2=O)cc1. The summed E-state index contributed by atoms with van der Waals surface area (Å²) in [6.45, 7) is 6.61. The van der Waals surface area contributed by atoms with Crippen LogP contribution in [-0.4, -0.2) is 39.6 Å². The number of anilines is 1. The molecule has 7 nitrogen and oxygen atoms in total. The number of benzene rings is 3. The minimum absolute atomic E-state index is 0.0291. The summed E-state index contributed by atoms with van der Waals surface area (Å²) in [6.07, 6.45) is 0.726. The lowest BCUT2D eigenvalue weighted by atomic mass is 9.97. The van der Waals surface area contributed by atoms with Crippen molar-refractivity contribution < 1.29 is 14.3 Å².